The van der Waals surface area contributed by atoms with Crippen LogP contribution in [-0.2, 0) is 4.79 Å². The van der Waals surface area contributed by atoms with Gasteiger partial charge in [0.1, 0.15) is 0 Å². The summed E-state index contributed by atoms with van der Waals surface area (Å²) in [5.41, 5.74) is 0.964. The van der Waals surface area contributed by atoms with Gasteiger partial charge in [-0.2, -0.15) is 0 Å². The molecule has 24 heavy (non-hydrogen) atoms. The van der Waals surface area contributed by atoms with Gasteiger partial charge in [-0.25, -0.2) is 0 Å². The molecule has 1 saturated carbocycles. The van der Waals surface area contributed by atoms with E-state index in [1.807, 2.05) is 30.3 Å². The Labute approximate surface area is 144 Å². The fourth-order valence-electron chi connectivity index (χ4n) is 3.33. The van der Waals surface area contributed by atoms with Gasteiger partial charge in [0.2, 0.25) is 5.91 Å². The Hall–Kier alpha value is -1.43. The number of carbonyl (C=O) groups excluding carboxylic acids is 1. The maximum Gasteiger partial charge on any atom is 0.234 e. The highest BCUT2D eigenvalue weighted by atomic mass is 16.3. The Bertz CT molecular complexity index is 533. The molecule has 2 aliphatic rings. The second-order valence-corrected chi connectivity index (χ2v) is 7.25. The summed E-state index contributed by atoms with van der Waals surface area (Å²) in [5, 5.41) is 13.4. The predicted octanol–water partition coefficient (Wildman–Crippen LogP) is 1.25. The van der Waals surface area contributed by atoms with Crippen molar-refractivity contribution in [1.82, 2.24) is 15.1 Å². The van der Waals surface area contributed by atoms with Gasteiger partial charge in [-0.3, -0.25) is 14.6 Å². The van der Waals surface area contributed by atoms with Crippen LogP contribution in [0.25, 0.3) is 0 Å². The van der Waals surface area contributed by atoms with Crippen LogP contribution in [0.5, 0.6) is 0 Å². The van der Waals surface area contributed by atoms with Crippen LogP contribution in [0.1, 0.15) is 31.4 Å². The Morgan fingerprint density at radius 2 is 2.04 bits per heavy atom. The van der Waals surface area contributed by atoms with Crippen molar-refractivity contribution in [3.8, 4) is 0 Å². The van der Waals surface area contributed by atoms with E-state index in [4.69, 9.17) is 0 Å². The van der Waals surface area contributed by atoms with Crippen LogP contribution in [0.3, 0.4) is 0 Å². The first-order valence-electron chi connectivity index (χ1n) is 9.08. The summed E-state index contributed by atoms with van der Waals surface area (Å²) in [6.07, 6.45) is 2.07. The van der Waals surface area contributed by atoms with E-state index in [0.717, 1.165) is 37.7 Å². The molecule has 132 valence electrons. The van der Waals surface area contributed by atoms with Gasteiger partial charge in [-0.15, -0.1) is 0 Å². The minimum atomic E-state index is -0.456. The summed E-state index contributed by atoms with van der Waals surface area (Å²) in [4.78, 5) is 16.5. The standard InChI is InChI=1S/C19H29N3O2/c1-15-12-21(14-19(24)20-11-16-7-8-16)9-10-22(15)13-18(23)17-5-3-2-4-6-17/h2-6,15-16,18,23H,7-14H2,1H3,(H,20,24)/t15-,18-/m1/s1. The largest absolute Gasteiger partial charge is 0.387 e. The zero-order valence-corrected chi connectivity index (χ0v) is 14.5. The quantitative estimate of drug-likeness (QED) is 0.790. The number of amides is 1. The molecule has 0 spiro atoms. The summed E-state index contributed by atoms with van der Waals surface area (Å²) in [7, 11) is 0. The van der Waals surface area contributed by atoms with Crippen LogP contribution < -0.4 is 5.32 Å². The number of carbonyl (C=O) groups is 1. The van der Waals surface area contributed by atoms with Crippen LogP contribution >= 0.6 is 0 Å². The first-order valence-corrected chi connectivity index (χ1v) is 9.08. The van der Waals surface area contributed by atoms with E-state index in [9.17, 15) is 9.90 Å². The summed E-state index contributed by atoms with van der Waals surface area (Å²) < 4.78 is 0. The van der Waals surface area contributed by atoms with Gasteiger partial charge in [0.05, 0.1) is 12.6 Å². The molecule has 0 unspecified atom stereocenters. The number of hydrogen-bond donors (Lipinski definition) is 2. The topological polar surface area (TPSA) is 55.8 Å². The van der Waals surface area contributed by atoms with Crippen molar-refractivity contribution in [3.05, 3.63) is 35.9 Å². The number of rotatable bonds is 7. The second kappa shape index (κ2) is 8.10. The Morgan fingerprint density at radius 3 is 2.71 bits per heavy atom. The van der Waals surface area contributed by atoms with E-state index in [-0.39, 0.29) is 5.91 Å². The summed E-state index contributed by atoms with van der Waals surface area (Å²) >= 11 is 0. The number of aliphatic hydroxyl groups excluding tert-OH is 1. The van der Waals surface area contributed by atoms with Gasteiger partial charge in [-0.05, 0) is 31.2 Å². The minimum Gasteiger partial charge on any atom is -0.387 e. The van der Waals surface area contributed by atoms with E-state index in [2.05, 4.69) is 22.0 Å². The van der Waals surface area contributed by atoms with E-state index >= 15 is 0 Å². The van der Waals surface area contributed by atoms with E-state index < -0.39 is 6.10 Å². The fraction of sp³-hybridized carbons (Fsp3) is 0.632. The van der Waals surface area contributed by atoms with Crippen LogP contribution in [0.15, 0.2) is 30.3 Å². The molecule has 0 radical (unpaired) electrons. The molecular formula is C19H29N3O2. The van der Waals surface area contributed by atoms with Crippen molar-refractivity contribution in [2.75, 3.05) is 39.3 Å². The van der Waals surface area contributed by atoms with Crippen molar-refractivity contribution < 1.29 is 9.90 Å². The highest BCUT2D eigenvalue weighted by molar-refractivity contribution is 5.78. The molecule has 1 amide bonds. The number of nitrogens with zero attached hydrogens (tertiary/aromatic N) is 2. The maximum atomic E-state index is 12.0. The van der Waals surface area contributed by atoms with Crippen LogP contribution in [-0.4, -0.2) is 66.1 Å². The fourth-order valence-corrected chi connectivity index (χ4v) is 3.33. The molecule has 1 aliphatic heterocycles. The smallest absolute Gasteiger partial charge is 0.234 e. The summed E-state index contributed by atoms with van der Waals surface area (Å²) in [5.74, 6) is 0.871. The molecular weight excluding hydrogens is 302 g/mol. The van der Waals surface area contributed by atoms with Gasteiger partial charge in [0.15, 0.2) is 0 Å². The lowest BCUT2D eigenvalue weighted by molar-refractivity contribution is -0.123. The molecule has 2 N–H and O–H groups in total. The maximum absolute atomic E-state index is 12.0. The molecule has 5 nitrogen and oxygen atoms in total. The number of β-amino-alcohol motifs (C(OH)–C–C–N with tert-alkyl or cyclic N) is 1. The third-order valence-corrected chi connectivity index (χ3v) is 5.09. The van der Waals surface area contributed by atoms with E-state index in [1.54, 1.807) is 0 Å². The lowest BCUT2D eigenvalue weighted by Gasteiger charge is -2.40. The molecule has 1 saturated heterocycles. The normalized spacial score (nSPS) is 23.8. The van der Waals surface area contributed by atoms with E-state index in [1.165, 1.54) is 12.8 Å². The average Bonchev–Trinajstić information content (AvgIpc) is 3.40. The zero-order chi connectivity index (χ0) is 16.9. The lowest BCUT2D eigenvalue weighted by Crippen LogP contribution is -2.54. The third-order valence-electron chi connectivity index (χ3n) is 5.09. The molecule has 2 atom stereocenters. The lowest BCUT2D eigenvalue weighted by atomic mass is 10.1. The summed E-state index contributed by atoms with van der Waals surface area (Å²) in [6.45, 7) is 6.80. The molecule has 0 aromatic heterocycles. The molecule has 0 bridgehead atoms. The Morgan fingerprint density at radius 1 is 1.29 bits per heavy atom. The third kappa shape index (κ3) is 5.03. The van der Waals surface area contributed by atoms with Gasteiger partial charge >= 0.3 is 0 Å². The Balaban J connectivity index is 1.42. The van der Waals surface area contributed by atoms with Crippen molar-refractivity contribution in [1.29, 1.82) is 0 Å². The second-order valence-electron chi connectivity index (χ2n) is 7.25. The van der Waals surface area contributed by atoms with E-state index in [0.29, 0.717) is 19.1 Å². The van der Waals surface area contributed by atoms with Crippen LogP contribution in [0.2, 0.25) is 0 Å². The first kappa shape index (κ1) is 17.4. The highest BCUT2D eigenvalue weighted by Crippen LogP contribution is 2.27. The molecule has 5 heteroatoms. The molecule has 1 heterocycles. The first-order chi connectivity index (χ1) is 11.6. The van der Waals surface area contributed by atoms with Crippen LogP contribution in [0, 0.1) is 5.92 Å². The zero-order valence-electron chi connectivity index (χ0n) is 14.5. The monoisotopic (exact) mass is 331 g/mol. The average molecular weight is 331 g/mol. The SMILES string of the molecule is C[C@@H]1CN(CC(=O)NCC2CC2)CCN1C[C@@H](O)c1ccccc1. The minimum absolute atomic E-state index is 0.145. The Kier molecular flexibility index (Phi) is 5.87. The predicted molar refractivity (Wildman–Crippen MR) is 94.6 cm³/mol. The van der Waals surface area contributed by atoms with Crippen LogP contribution in [0.4, 0.5) is 0 Å². The van der Waals surface area contributed by atoms with Gasteiger partial charge in [-0.1, -0.05) is 30.3 Å². The van der Waals surface area contributed by atoms with Crippen molar-refractivity contribution >= 4 is 5.91 Å². The van der Waals surface area contributed by atoms with Crippen molar-refractivity contribution in [3.63, 3.8) is 0 Å². The van der Waals surface area contributed by atoms with Crippen molar-refractivity contribution in [2.24, 2.45) is 5.92 Å². The van der Waals surface area contributed by atoms with Gasteiger partial charge in [0.25, 0.3) is 0 Å². The molecule has 2 fully saturated rings. The van der Waals surface area contributed by atoms with Gasteiger partial charge in [0, 0.05) is 38.8 Å². The summed E-state index contributed by atoms with van der Waals surface area (Å²) in [6, 6.07) is 10.2. The highest BCUT2D eigenvalue weighted by Gasteiger charge is 2.27. The molecule has 1 aromatic carbocycles. The van der Waals surface area contributed by atoms with Gasteiger partial charge < -0.3 is 10.4 Å². The molecule has 3 rings (SSSR count). The number of aliphatic hydroxyl groups is 1. The number of nitrogens with one attached hydrogen (secondary N) is 1. The molecule has 1 aromatic rings. The number of piperazine rings is 1. The number of benzene rings is 1. The van der Waals surface area contributed by atoms with Crippen molar-refractivity contribution in [2.45, 2.75) is 31.9 Å². The number of hydrogen-bond acceptors (Lipinski definition) is 4. The molecule has 1 aliphatic carbocycles.